The van der Waals surface area contributed by atoms with Crippen molar-refractivity contribution in [2.45, 2.75) is 6.04 Å². The van der Waals surface area contributed by atoms with Crippen molar-refractivity contribution in [2.75, 3.05) is 11.1 Å². The molecule has 1 aromatic carbocycles. The predicted molar refractivity (Wildman–Crippen MR) is 67.7 cm³/mol. The second-order valence-electron chi connectivity index (χ2n) is 4.03. The molecular weight excluding hydrogens is 252 g/mol. The number of anilines is 1. The third-order valence-corrected chi connectivity index (χ3v) is 4.00. The molecule has 0 amide bonds. The predicted octanol–water partition coefficient (Wildman–Crippen LogP) is 0.747. The average Bonchev–Trinajstić information content (AvgIpc) is 2.68. The maximum Gasteiger partial charge on any atom is 0.243 e. The number of fused-ring (bicyclic) bond motifs is 1. The molecule has 0 aliphatic carbocycles. The van der Waals surface area contributed by atoms with Gasteiger partial charge in [0.1, 0.15) is 5.52 Å². The summed E-state index contributed by atoms with van der Waals surface area (Å²) in [5, 5.41) is 12.1. The Bertz CT molecular complexity index is 727. The number of nitrogens with zero attached hydrogens (tertiary/aromatic N) is 3. The second kappa shape index (κ2) is 4.02. The first-order chi connectivity index (χ1) is 8.62. The van der Waals surface area contributed by atoms with Crippen LogP contribution in [0.4, 0.5) is 5.95 Å². The molecule has 0 saturated heterocycles. The van der Waals surface area contributed by atoms with E-state index in [0.29, 0.717) is 11.5 Å². The quantitative estimate of drug-likeness (QED) is 0.859. The Morgan fingerprint density at radius 2 is 1.94 bits per heavy atom. The summed E-state index contributed by atoms with van der Waals surface area (Å²) in [6.45, 7) is 0. The lowest BCUT2D eigenvalue weighted by atomic mass is 10.3. The van der Waals surface area contributed by atoms with Crippen LogP contribution in [0.25, 0.3) is 11.0 Å². The Morgan fingerprint density at radius 3 is 2.67 bits per heavy atom. The van der Waals surface area contributed by atoms with Gasteiger partial charge in [-0.3, -0.25) is 0 Å². The van der Waals surface area contributed by atoms with E-state index in [-0.39, 0.29) is 11.8 Å². The summed E-state index contributed by atoms with van der Waals surface area (Å²) in [5.41, 5.74) is 1.43. The highest BCUT2D eigenvalue weighted by molar-refractivity contribution is 7.94. The molecule has 3 rings (SSSR count). The van der Waals surface area contributed by atoms with Crippen LogP contribution < -0.4 is 5.32 Å². The van der Waals surface area contributed by atoms with Gasteiger partial charge in [0.05, 0.1) is 17.3 Å². The molecule has 0 bridgehead atoms. The molecule has 1 unspecified atom stereocenters. The summed E-state index contributed by atoms with van der Waals surface area (Å²) >= 11 is 0. The first kappa shape index (κ1) is 11.1. The molecule has 1 aromatic heterocycles. The number of rotatable bonds is 2. The van der Waals surface area contributed by atoms with E-state index < -0.39 is 9.84 Å². The first-order valence-corrected chi connectivity index (χ1v) is 7.11. The van der Waals surface area contributed by atoms with Gasteiger partial charge in [0, 0.05) is 5.41 Å². The zero-order valence-corrected chi connectivity index (χ0v) is 10.1. The molecule has 6 nitrogen and oxygen atoms in total. The average molecular weight is 262 g/mol. The fraction of sp³-hybridized carbons (Fsp3) is 0.182. The number of aromatic nitrogens is 3. The van der Waals surface area contributed by atoms with Crippen molar-refractivity contribution in [3.05, 3.63) is 35.7 Å². The van der Waals surface area contributed by atoms with Crippen molar-refractivity contribution >= 4 is 26.8 Å². The molecule has 1 aliphatic heterocycles. The molecule has 1 aliphatic rings. The van der Waals surface area contributed by atoms with Crippen LogP contribution in [0.5, 0.6) is 0 Å². The van der Waals surface area contributed by atoms with Crippen LogP contribution in [0, 0.1) is 0 Å². The van der Waals surface area contributed by atoms with E-state index in [4.69, 9.17) is 0 Å². The first-order valence-electron chi connectivity index (χ1n) is 5.39. The minimum absolute atomic E-state index is 0.0309. The van der Waals surface area contributed by atoms with Crippen LogP contribution in [0.3, 0.4) is 0 Å². The molecular formula is C11H10N4O2S. The molecule has 2 heterocycles. The lowest BCUT2D eigenvalue weighted by Crippen LogP contribution is -2.22. The Hall–Kier alpha value is -2.02. The summed E-state index contributed by atoms with van der Waals surface area (Å²) < 4.78 is 22.5. The van der Waals surface area contributed by atoms with Gasteiger partial charge in [0.25, 0.3) is 0 Å². The Morgan fingerprint density at radius 1 is 1.17 bits per heavy atom. The molecule has 7 heteroatoms. The van der Waals surface area contributed by atoms with Gasteiger partial charge in [-0.05, 0) is 18.2 Å². The third kappa shape index (κ3) is 2.17. The highest BCUT2D eigenvalue weighted by atomic mass is 32.2. The van der Waals surface area contributed by atoms with Crippen LogP contribution in [0.15, 0.2) is 35.7 Å². The fourth-order valence-corrected chi connectivity index (χ4v) is 3.01. The van der Waals surface area contributed by atoms with Gasteiger partial charge < -0.3 is 5.32 Å². The zero-order chi connectivity index (χ0) is 12.6. The lowest BCUT2D eigenvalue weighted by Gasteiger charge is -2.09. The number of nitrogens with one attached hydrogen (secondary N) is 1. The van der Waals surface area contributed by atoms with Gasteiger partial charge in [0.15, 0.2) is 9.84 Å². The Balaban J connectivity index is 1.86. The number of para-hydroxylation sites is 1. The van der Waals surface area contributed by atoms with Crippen molar-refractivity contribution in [1.29, 1.82) is 0 Å². The second-order valence-corrected chi connectivity index (χ2v) is 5.96. The van der Waals surface area contributed by atoms with E-state index in [2.05, 4.69) is 20.5 Å². The Labute approximate surface area is 104 Å². The van der Waals surface area contributed by atoms with E-state index in [0.717, 1.165) is 5.52 Å². The van der Waals surface area contributed by atoms with Gasteiger partial charge in [-0.15, -0.1) is 10.2 Å². The molecule has 0 saturated carbocycles. The van der Waals surface area contributed by atoms with E-state index in [1.807, 2.05) is 24.3 Å². The Kier molecular flexibility index (Phi) is 2.48. The highest BCUT2D eigenvalue weighted by Crippen LogP contribution is 2.13. The molecule has 2 aromatic rings. The zero-order valence-electron chi connectivity index (χ0n) is 9.31. The maximum absolute atomic E-state index is 11.3. The van der Waals surface area contributed by atoms with Gasteiger partial charge >= 0.3 is 0 Å². The van der Waals surface area contributed by atoms with Crippen molar-refractivity contribution < 1.29 is 8.42 Å². The monoisotopic (exact) mass is 262 g/mol. The third-order valence-electron chi connectivity index (χ3n) is 2.61. The van der Waals surface area contributed by atoms with Crippen LogP contribution in [0.2, 0.25) is 0 Å². The van der Waals surface area contributed by atoms with Crippen LogP contribution in [-0.2, 0) is 9.84 Å². The van der Waals surface area contributed by atoms with E-state index in [1.54, 1.807) is 6.08 Å². The topological polar surface area (TPSA) is 84.8 Å². The van der Waals surface area contributed by atoms with Gasteiger partial charge in [-0.1, -0.05) is 12.1 Å². The van der Waals surface area contributed by atoms with Gasteiger partial charge in [-0.25, -0.2) is 13.4 Å². The van der Waals surface area contributed by atoms with Crippen LogP contribution >= 0.6 is 0 Å². The normalized spacial score (nSPS) is 21.2. The van der Waals surface area contributed by atoms with Gasteiger partial charge in [0.2, 0.25) is 5.95 Å². The minimum Gasteiger partial charge on any atom is -0.346 e. The molecule has 92 valence electrons. The number of benzene rings is 1. The summed E-state index contributed by atoms with van der Waals surface area (Å²) in [6, 6.07) is 7.08. The van der Waals surface area contributed by atoms with Crippen molar-refractivity contribution in [1.82, 2.24) is 15.2 Å². The standard InChI is InChI=1S/C11H10N4O2S/c16-18(17)6-5-8(7-18)12-11-13-9-3-1-2-4-10(9)14-15-11/h1-6,8H,7H2,(H,12,13,15). The van der Waals surface area contributed by atoms with E-state index in [1.165, 1.54) is 5.41 Å². The van der Waals surface area contributed by atoms with Crippen molar-refractivity contribution in [3.63, 3.8) is 0 Å². The van der Waals surface area contributed by atoms with Gasteiger partial charge in [-0.2, -0.15) is 0 Å². The molecule has 18 heavy (non-hydrogen) atoms. The highest BCUT2D eigenvalue weighted by Gasteiger charge is 2.22. The van der Waals surface area contributed by atoms with E-state index in [9.17, 15) is 8.42 Å². The fourth-order valence-electron chi connectivity index (χ4n) is 1.77. The summed E-state index contributed by atoms with van der Waals surface area (Å²) in [6.07, 6.45) is 1.59. The number of sulfone groups is 1. The molecule has 0 radical (unpaired) electrons. The van der Waals surface area contributed by atoms with Crippen molar-refractivity contribution in [3.8, 4) is 0 Å². The summed E-state index contributed by atoms with van der Waals surface area (Å²) in [7, 11) is -3.08. The van der Waals surface area contributed by atoms with Crippen molar-refractivity contribution in [2.24, 2.45) is 0 Å². The molecule has 0 spiro atoms. The van der Waals surface area contributed by atoms with Crippen LogP contribution in [0.1, 0.15) is 0 Å². The lowest BCUT2D eigenvalue weighted by molar-refractivity contribution is 0.605. The SMILES string of the molecule is O=S1(=O)C=CC(Nc2nnc3ccccc3n2)C1. The van der Waals surface area contributed by atoms with E-state index >= 15 is 0 Å². The summed E-state index contributed by atoms with van der Waals surface area (Å²) in [5.74, 6) is 0.365. The minimum atomic E-state index is -3.08. The largest absolute Gasteiger partial charge is 0.346 e. The molecule has 1 atom stereocenters. The molecule has 0 fully saturated rings. The molecule has 1 N–H and O–H groups in total. The summed E-state index contributed by atoms with van der Waals surface area (Å²) in [4.78, 5) is 4.27. The maximum atomic E-state index is 11.3. The van der Waals surface area contributed by atoms with Crippen LogP contribution in [-0.4, -0.2) is 35.4 Å². The number of hydrogen-bond donors (Lipinski definition) is 1. The smallest absolute Gasteiger partial charge is 0.243 e. The number of hydrogen-bond acceptors (Lipinski definition) is 6.